The molecule has 10 nitrogen and oxygen atoms in total. The molecular formula is C33H39FN8O2. The third-order valence-electron chi connectivity index (χ3n) is 8.43. The van der Waals surface area contributed by atoms with Crippen LogP contribution in [0.1, 0.15) is 54.3 Å². The van der Waals surface area contributed by atoms with Crippen LogP contribution < -0.4 is 10.1 Å². The number of likely N-dealkylation sites (N-methyl/N-ethyl adjacent to an activating group) is 1. The molecule has 1 aromatic carbocycles. The molecule has 1 atom stereocenters. The molecule has 5 heterocycles. The van der Waals surface area contributed by atoms with E-state index in [1.165, 1.54) is 6.07 Å². The van der Waals surface area contributed by atoms with Gasteiger partial charge in [0.05, 0.1) is 41.0 Å². The van der Waals surface area contributed by atoms with Crippen LogP contribution in [0.15, 0.2) is 54.9 Å². The lowest BCUT2D eigenvalue weighted by molar-refractivity contribution is 0.0928. The third-order valence-corrected chi connectivity index (χ3v) is 8.43. The SMILES string of the molecule is Cc1nn(Cc2ccc(F)c(C(C)C)n2)c2cccc(NC(=O)c3cnc4cc(OCCN5CCN(C)C(C)C5)ccn34)c12. The number of pyridine rings is 2. The molecule has 1 unspecified atom stereocenters. The number of anilines is 1. The van der Waals surface area contributed by atoms with E-state index in [2.05, 4.69) is 39.1 Å². The molecule has 1 N–H and O–H groups in total. The molecule has 0 bridgehead atoms. The van der Waals surface area contributed by atoms with Crippen molar-refractivity contribution in [3.63, 3.8) is 0 Å². The van der Waals surface area contributed by atoms with Crippen molar-refractivity contribution in [3.05, 3.63) is 83.5 Å². The number of benzene rings is 1. The van der Waals surface area contributed by atoms with E-state index in [0.717, 1.165) is 54.2 Å². The van der Waals surface area contributed by atoms with Crippen molar-refractivity contribution in [3.8, 4) is 5.75 Å². The number of carbonyl (C=O) groups excluding carboxylic acids is 1. The minimum Gasteiger partial charge on any atom is -0.492 e. The quantitative estimate of drug-likeness (QED) is 0.256. The fraction of sp³-hybridized carbons (Fsp3) is 0.394. The number of carbonyl (C=O) groups is 1. The molecule has 6 rings (SSSR count). The molecule has 0 radical (unpaired) electrons. The maximum Gasteiger partial charge on any atom is 0.274 e. The number of halogens is 1. The van der Waals surface area contributed by atoms with E-state index in [9.17, 15) is 9.18 Å². The molecular weight excluding hydrogens is 559 g/mol. The molecule has 5 aromatic rings. The zero-order chi connectivity index (χ0) is 31.0. The van der Waals surface area contributed by atoms with Crippen LogP contribution in [0.2, 0.25) is 0 Å². The van der Waals surface area contributed by atoms with Gasteiger partial charge in [-0.15, -0.1) is 0 Å². The van der Waals surface area contributed by atoms with Crippen LogP contribution in [-0.2, 0) is 6.54 Å². The number of rotatable bonds is 9. The Kier molecular flexibility index (Phi) is 8.33. The standard InChI is InChI=1S/C33H39FN8O2/c1-21(2)32-26(34)10-9-24(36-32)20-42-28-8-6-7-27(31(28)23(4)38-42)37-33(43)29-18-35-30-17-25(11-12-41(29)30)44-16-15-40-14-13-39(5)22(3)19-40/h6-12,17-18,21-22H,13-16,19-20H2,1-5H3,(H,37,43). The highest BCUT2D eigenvalue weighted by Crippen LogP contribution is 2.28. The molecule has 230 valence electrons. The van der Waals surface area contributed by atoms with Gasteiger partial charge in [0.2, 0.25) is 0 Å². The van der Waals surface area contributed by atoms with E-state index in [0.29, 0.717) is 41.9 Å². The van der Waals surface area contributed by atoms with Gasteiger partial charge in [0.25, 0.3) is 5.91 Å². The lowest BCUT2D eigenvalue weighted by atomic mass is 10.1. The van der Waals surface area contributed by atoms with Crippen LogP contribution in [0.25, 0.3) is 16.6 Å². The summed E-state index contributed by atoms with van der Waals surface area (Å²) in [6.45, 7) is 13.0. The highest BCUT2D eigenvalue weighted by Gasteiger charge is 2.21. The maximum atomic E-state index is 14.2. The van der Waals surface area contributed by atoms with Crippen LogP contribution in [0.4, 0.5) is 10.1 Å². The predicted molar refractivity (Wildman–Crippen MR) is 169 cm³/mol. The largest absolute Gasteiger partial charge is 0.492 e. The van der Waals surface area contributed by atoms with Crippen LogP contribution in [0.5, 0.6) is 5.75 Å². The smallest absolute Gasteiger partial charge is 0.274 e. The molecule has 0 spiro atoms. The number of imidazole rings is 1. The van der Waals surface area contributed by atoms with Crippen molar-refractivity contribution < 1.29 is 13.9 Å². The molecule has 4 aromatic heterocycles. The minimum atomic E-state index is -0.303. The lowest BCUT2D eigenvalue weighted by Gasteiger charge is -2.37. The number of fused-ring (bicyclic) bond motifs is 2. The fourth-order valence-electron chi connectivity index (χ4n) is 5.82. The first-order chi connectivity index (χ1) is 21.2. The van der Waals surface area contributed by atoms with E-state index in [1.807, 2.05) is 62.0 Å². The van der Waals surface area contributed by atoms with Gasteiger partial charge in [-0.05, 0) is 57.1 Å². The number of hydrogen-bond acceptors (Lipinski definition) is 7. The van der Waals surface area contributed by atoms with Gasteiger partial charge in [0.1, 0.15) is 29.5 Å². The summed E-state index contributed by atoms with van der Waals surface area (Å²) in [5, 5.41) is 8.63. The van der Waals surface area contributed by atoms with Gasteiger partial charge in [-0.2, -0.15) is 5.10 Å². The number of ether oxygens (including phenoxy) is 1. The van der Waals surface area contributed by atoms with Crippen molar-refractivity contribution in [2.45, 2.75) is 46.2 Å². The van der Waals surface area contributed by atoms with E-state index >= 15 is 0 Å². The third kappa shape index (κ3) is 6.02. The molecule has 0 aliphatic carbocycles. The number of hydrogen-bond donors (Lipinski definition) is 1. The number of amides is 1. The fourth-order valence-corrected chi connectivity index (χ4v) is 5.82. The Bertz CT molecular complexity index is 1810. The van der Waals surface area contributed by atoms with Crippen LogP contribution in [0, 0.1) is 12.7 Å². The van der Waals surface area contributed by atoms with Crippen molar-refractivity contribution in [2.24, 2.45) is 0 Å². The maximum absolute atomic E-state index is 14.2. The Morgan fingerprint density at radius 1 is 1.18 bits per heavy atom. The molecule has 1 fully saturated rings. The molecule has 1 amide bonds. The second kappa shape index (κ2) is 12.3. The summed E-state index contributed by atoms with van der Waals surface area (Å²) in [4.78, 5) is 27.3. The van der Waals surface area contributed by atoms with Gasteiger partial charge in [-0.3, -0.25) is 23.8 Å². The van der Waals surface area contributed by atoms with Gasteiger partial charge in [0, 0.05) is 49.9 Å². The number of aryl methyl sites for hydroxylation is 1. The number of aromatic nitrogens is 5. The van der Waals surface area contributed by atoms with Crippen molar-refractivity contribution in [1.82, 2.24) is 33.9 Å². The second-order valence-electron chi connectivity index (χ2n) is 11.9. The molecule has 1 aliphatic rings. The van der Waals surface area contributed by atoms with Crippen molar-refractivity contribution in [1.29, 1.82) is 0 Å². The topological polar surface area (TPSA) is 92.8 Å². The Morgan fingerprint density at radius 2 is 2.02 bits per heavy atom. The zero-order valence-corrected chi connectivity index (χ0v) is 25.9. The Morgan fingerprint density at radius 3 is 2.82 bits per heavy atom. The first-order valence-electron chi connectivity index (χ1n) is 15.1. The van der Waals surface area contributed by atoms with E-state index in [4.69, 9.17) is 9.84 Å². The summed E-state index contributed by atoms with van der Waals surface area (Å²) in [6, 6.07) is 13.1. The first-order valence-corrected chi connectivity index (χ1v) is 15.1. The zero-order valence-electron chi connectivity index (χ0n) is 25.9. The van der Waals surface area contributed by atoms with Crippen molar-refractivity contribution in [2.75, 3.05) is 45.2 Å². The Hall–Kier alpha value is -4.35. The average molecular weight is 599 g/mol. The van der Waals surface area contributed by atoms with Gasteiger partial charge >= 0.3 is 0 Å². The molecule has 0 saturated carbocycles. The summed E-state index contributed by atoms with van der Waals surface area (Å²) in [5.41, 5.74) is 4.48. The summed E-state index contributed by atoms with van der Waals surface area (Å²) in [6.07, 6.45) is 3.39. The Balaban J connectivity index is 1.15. The van der Waals surface area contributed by atoms with E-state index in [1.54, 1.807) is 16.7 Å². The average Bonchev–Trinajstić information content (AvgIpc) is 3.56. The number of nitrogens with zero attached hydrogens (tertiary/aromatic N) is 7. The number of piperazine rings is 1. The van der Waals surface area contributed by atoms with Crippen LogP contribution in [-0.4, -0.2) is 85.7 Å². The van der Waals surface area contributed by atoms with Crippen LogP contribution >= 0.6 is 0 Å². The predicted octanol–water partition coefficient (Wildman–Crippen LogP) is 4.97. The summed E-state index contributed by atoms with van der Waals surface area (Å²) in [7, 11) is 2.17. The molecule has 11 heteroatoms. The highest BCUT2D eigenvalue weighted by molar-refractivity contribution is 6.08. The van der Waals surface area contributed by atoms with Gasteiger partial charge in [-0.25, -0.2) is 9.37 Å². The van der Waals surface area contributed by atoms with Crippen LogP contribution in [0.3, 0.4) is 0 Å². The highest BCUT2D eigenvalue weighted by atomic mass is 19.1. The molecule has 44 heavy (non-hydrogen) atoms. The summed E-state index contributed by atoms with van der Waals surface area (Å²) < 4.78 is 23.8. The summed E-state index contributed by atoms with van der Waals surface area (Å²) >= 11 is 0. The second-order valence-corrected chi connectivity index (χ2v) is 11.9. The molecule has 1 aliphatic heterocycles. The monoisotopic (exact) mass is 598 g/mol. The Labute approximate surface area is 256 Å². The summed E-state index contributed by atoms with van der Waals surface area (Å²) in [5.74, 6) is 0.114. The van der Waals surface area contributed by atoms with Gasteiger partial charge < -0.3 is 15.0 Å². The first kappa shape index (κ1) is 29.7. The normalized spacial score (nSPS) is 16.3. The van der Waals surface area contributed by atoms with E-state index in [-0.39, 0.29) is 17.6 Å². The number of nitrogens with one attached hydrogen (secondary N) is 1. The van der Waals surface area contributed by atoms with Gasteiger partial charge in [-0.1, -0.05) is 19.9 Å². The molecule has 1 saturated heterocycles. The van der Waals surface area contributed by atoms with E-state index < -0.39 is 0 Å². The minimum absolute atomic E-state index is 0.0252. The van der Waals surface area contributed by atoms with Gasteiger partial charge in [0.15, 0.2) is 0 Å². The van der Waals surface area contributed by atoms with Crippen molar-refractivity contribution >= 4 is 28.1 Å². The lowest BCUT2D eigenvalue weighted by Crippen LogP contribution is -2.50.